The van der Waals surface area contributed by atoms with E-state index in [0.717, 1.165) is 38.5 Å². The molecule has 0 saturated heterocycles. The van der Waals surface area contributed by atoms with Gasteiger partial charge in [0.25, 0.3) is 0 Å². The molecule has 516 valence electrons. The van der Waals surface area contributed by atoms with Gasteiger partial charge in [0.2, 0.25) is 0 Å². The summed E-state index contributed by atoms with van der Waals surface area (Å²) < 4.78 is 33.3. The number of phosphoric ester groups is 1. The lowest BCUT2D eigenvalue weighted by molar-refractivity contribution is -0.161. The summed E-state index contributed by atoms with van der Waals surface area (Å²) in [6, 6.07) is 0. The molecule has 0 aromatic carbocycles. The Morgan fingerprint density at radius 3 is 0.874 bits per heavy atom. The number of esters is 2. The van der Waals surface area contributed by atoms with E-state index in [0.29, 0.717) is 6.42 Å². The van der Waals surface area contributed by atoms with E-state index in [1.807, 2.05) is 0 Å². The molecular weight excluding hydrogens is 1100 g/mol. The minimum absolute atomic E-state index is 0.0577. The zero-order valence-electron chi connectivity index (χ0n) is 58.3. The number of ether oxygens (including phenoxy) is 2. The Morgan fingerprint density at radius 2 is 0.598 bits per heavy atom. The second-order valence-electron chi connectivity index (χ2n) is 26.6. The van der Waals surface area contributed by atoms with Crippen molar-refractivity contribution < 1.29 is 37.6 Å². The highest BCUT2D eigenvalue weighted by molar-refractivity contribution is 7.47. The van der Waals surface area contributed by atoms with E-state index >= 15 is 0 Å². The first-order chi connectivity index (χ1) is 42.8. The first-order valence-corrected chi connectivity index (χ1v) is 40.3. The fourth-order valence-corrected chi connectivity index (χ4v) is 12.9. The summed E-state index contributed by atoms with van der Waals surface area (Å²) in [5.74, 6) is -0.798. The molecule has 0 amide bonds. The normalized spacial score (nSPS) is 12.9. The minimum Gasteiger partial charge on any atom is -0.462 e. The Kier molecular flexibility index (Phi) is 72.3. The predicted molar refractivity (Wildman–Crippen MR) is 377 cm³/mol. The van der Waals surface area contributed by atoms with Crippen LogP contribution in [-0.4, -0.2) is 49.3 Å². The van der Waals surface area contributed by atoms with Gasteiger partial charge in [-0.05, 0) is 44.9 Å². The van der Waals surface area contributed by atoms with Crippen LogP contribution in [-0.2, 0) is 32.7 Å². The molecule has 0 radical (unpaired) electrons. The number of carbonyl (C=O) groups is 2. The molecule has 0 aromatic heterocycles. The van der Waals surface area contributed by atoms with E-state index in [4.69, 9.17) is 24.3 Å². The molecule has 0 saturated carbocycles. The van der Waals surface area contributed by atoms with Crippen molar-refractivity contribution in [2.24, 2.45) is 5.73 Å². The maximum absolute atomic E-state index is 12.8. The molecule has 0 spiro atoms. The Balaban J connectivity index is 3.74. The maximum atomic E-state index is 12.8. The molecule has 0 bridgehead atoms. The molecule has 0 rings (SSSR count). The molecule has 0 aliphatic carbocycles. The molecule has 3 N–H and O–H groups in total. The SMILES string of the molecule is CCCCCCC/C=C\C/C=C\CCCCCCCCCCCCCCCCCCCCCCCCCCCCCC(=O)OC(COC(=O)CCCCCCCCCCCCCCCCCCCCCCCCCCCCC)COP(=O)(O)OCCN. The van der Waals surface area contributed by atoms with Gasteiger partial charge < -0.3 is 20.1 Å². The molecule has 10 heteroatoms. The van der Waals surface area contributed by atoms with Gasteiger partial charge in [0, 0.05) is 19.4 Å². The third-order valence-corrected chi connectivity index (χ3v) is 18.8. The number of nitrogens with two attached hydrogens (primary N) is 1. The van der Waals surface area contributed by atoms with Gasteiger partial charge >= 0.3 is 19.8 Å². The zero-order valence-corrected chi connectivity index (χ0v) is 59.2. The second kappa shape index (κ2) is 73.5. The van der Waals surface area contributed by atoms with Crippen LogP contribution in [0, 0.1) is 0 Å². The fraction of sp³-hybridized carbons (Fsp3) is 0.922. The van der Waals surface area contributed by atoms with Crippen LogP contribution in [0.4, 0.5) is 0 Å². The number of hydrogen-bond acceptors (Lipinski definition) is 8. The van der Waals surface area contributed by atoms with Crippen molar-refractivity contribution >= 4 is 19.8 Å². The third-order valence-electron chi connectivity index (χ3n) is 17.8. The van der Waals surface area contributed by atoms with Crippen molar-refractivity contribution in [3.63, 3.8) is 0 Å². The highest BCUT2D eigenvalue weighted by Crippen LogP contribution is 2.43. The fourth-order valence-electron chi connectivity index (χ4n) is 12.1. The summed E-state index contributed by atoms with van der Waals surface area (Å²) in [7, 11) is -4.39. The highest BCUT2D eigenvalue weighted by Gasteiger charge is 2.26. The van der Waals surface area contributed by atoms with Gasteiger partial charge in [-0.1, -0.05) is 391 Å². The summed E-state index contributed by atoms with van der Waals surface area (Å²) in [5.41, 5.74) is 5.41. The van der Waals surface area contributed by atoms with Crippen LogP contribution in [0.25, 0.3) is 0 Å². The third kappa shape index (κ3) is 73.4. The average molecular weight is 1250 g/mol. The van der Waals surface area contributed by atoms with E-state index in [1.54, 1.807) is 0 Å². The molecule has 0 aliphatic heterocycles. The van der Waals surface area contributed by atoms with Crippen LogP contribution in [0.3, 0.4) is 0 Å². The van der Waals surface area contributed by atoms with Crippen LogP contribution in [0.15, 0.2) is 24.3 Å². The number of hydrogen-bond donors (Lipinski definition) is 2. The monoisotopic (exact) mass is 1250 g/mol. The lowest BCUT2D eigenvalue weighted by Crippen LogP contribution is -2.29. The molecular formula is C77H150NO8P. The smallest absolute Gasteiger partial charge is 0.462 e. The lowest BCUT2D eigenvalue weighted by Gasteiger charge is -2.19. The summed E-state index contributed by atoms with van der Waals surface area (Å²) >= 11 is 0. The predicted octanol–water partition coefficient (Wildman–Crippen LogP) is 25.7. The first-order valence-electron chi connectivity index (χ1n) is 38.8. The second-order valence-corrected chi connectivity index (χ2v) is 28.0. The minimum atomic E-state index is -4.39. The summed E-state index contributed by atoms with van der Waals surface area (Å²) in [5, 5.41) is 0. The van der Waals surface area contributed by atoms with Gasteiger partial charge in [-0.15, -0.1) is 0 Å². The van der Waals surface area contributed by atoms with Gasteiger partial charge in [-0.3, -0.25) is 18.6 Å². The van der Waals surface area contributed by atoms with Gasteiger partial charge in [0.15, 0.2) is 6.10 Å². The maximum Gasteiger partial charge on any atom is 0.472 e. The molecule has 2 atom stereocenters. The Bertz CT molecular complexity index is 1470. The summed E-state index contributed by atoms with van der Waals surface area (Å²) in [6.07, 6.45) is 91.8. The molecule has 0 aromatic rings. The number of unbranched alkanes of at least 4 members (excludes halogenated alkanes) is 58. The Hall–Kier alpha value is -1.51. The van der Waals surface area contributed by atoms with Crippen molar-refractivity contribution in [3.05, 3.63) is 24.3 Å². The van der Waals surface area contributed by atoms with Gasteiger partial charge in [0.1, 0.15) is 6.61 Å². The van der Waals surface area contributed by atoms with Crippen LogP contribution < -0.4 is 5.73 Å². The van der Waals surface area contributed by atoms with Gasteiger partial charge in [0.05, 0.1) is 13.2 Å². The van der Waals surface area contributed by atoms with E-state index in [1.165, 1.54) is 353 Å². The number of allylic oxidation sites excluding steroid dienone is 4. The zero-order chi connectivity index (χ0) is 63.0. The molecule has 0 heterocycles. The summed E-state index contributed by atoms with van der Waals surface area (Å²) in [6.45, 7) is 3.83. The van der Waals surface area contributed by atoms with E-state index in [-0.39, 0.29) is 38.6 Å². The van der Waals surface area contributed by atoms with Crippen molar-refractivity contribution in [1.29, 1.82) is 0 Å². The molecule has 87 heavy (non-hydrogen) atoms. The van der Waals surface area contributed by atoms with Crippen LogP contribution in [0.5, 0.6) is 0 Å². The van der Waals surface area contributed by atoms with Crippen molar-refractivity contribution in [2.45, 2.75) is 431 Å². The molecule has 0 aliphatic rings. The van der Waals surface area contributed by atoms with E-state index < -0.39 is 26.5 Å². The Labute approximate surface area is 542 Å². The van der Waals surface area contributed by atoms with Crippen molar-refractivity contribution in [1.82, 2.24) is 0 Å². The van der Waals surface area contributed by atoms with Gasteiger partial charge in [-0.2, -0.15) is 0 Å². The highest BCUT2D eigenvalue weighted by atomic mass is 31.2. The topological polar surface area (TPSA) is 134 Å². The molecule has 2 unspecified atom stereocenters. The number of phosphoric acid groups is 1. The Morgan fingerprint density at radius 1 is 0.345 bits per heavy atom. The standard InChI is InChI=1S/C77H150NO8P/c1-3-5-7-9-11-13-15-17-19-21-23-25-27-29-31-32-33-34-35-36-37-38-39-40-41-42-44-46-48-50-52-54-56-58-60-62-64-66-68-70-77(80)86-75(74-85-87(81,82)84-72-71-78)73-83-76(79)69-67-65-63-61-59-57-55-53-51-49-47-45-43-30-28-26-24-22-20-18-16-14-12-10-8-6-4-2/h15,17,21,23,75H,3-14,16,18-20,22,24-74,78H2,1-2H3,(H,81,82)/b17-15-,23-21-. The molecule has 0 fully saturated rings. The molecule has 9 nitrogen and oxygen atoms in total. The van der Waals surface area contributed by atoms with Crippen LogP contribution >= 0.6 is 7.82 Å². The largest absolute Gasteiger partial charge is 0.472 e. The van der Waals surface area contributed by atoms with Crippen LogP contribution in [0.2, 0.25) is 0 Å². The number of rotatable bonds is 75. The quantitative estimate of drug-likeness (QED) is 0.0264. The van der Waals surface area contributed by atoms with E-state index in [2.05, 4.69) is 38.2 Å². The van der Waals surface area contributed by atoms with Crippen molar-refractivity contribution in [2.75, 3.05) is 26.4 Å². The van der Waals surface area contributed by atoms with Crippen LogP contribution in [0.1, 0.15) is 425 Å². The van der Waals surface area contributed by atoms with Gasteiger partial charge in [-0.25, -0.2) is 4.57 Å². The number of carbonyl (C=O) groups excluding carboxylic acids is 2. The average Bonchev–Trinajstić information content (AvgIpc) is 3.64. The first kappa shape index (κ1) is 85.5. The van der Waals surface area contributed by atoms with Crippen molar-refractivity contribution in [3.8, 4) is 0 Å². The summed E-state index contributed by atoms with van der Waals surface area (Å²) in [4.78, 5) is 35.4. The lowest BCUT2D eigenvalue weighted by atomic mass is 10.0. The van der Waals surface area contributed by atoms with E-state index in [9.17, 15) is 19.0 Å².